The molecule has 0 aliphatic heterocycles. The summed E-state index contributed by atoms with van der Waals surface area (Å²) in [5, 5.41) is 11.6. The van der Waals surface area contributed by atoms with Gasteiger partial charge in [-0.05, 0) is 30.7 Å². The van der Waals surface area contributed by atoms with Gasteiger partial charge in [0.15, 0.2) is 6.10 Å². The van der Waals surface area contributed by atoms with Crippen molar-refractivity contribution in [1.82, 2.24) is 0 Å². The van der Waals surface area contributed by atoms with Crippen LogP contribution in [-0.2, 0) is 9.53 Å². The highest BCUT2D eigenvalue weighted by Gasteiger charge is 2.24. The smallest absolute Gasteiger partial charge is 0.374 e. The summed E-state index contributed by atoms with van der Waals surface area (Å²) in [6.07, 6.45) is 0.489. The number of anilines is 1. The molecule has 1 aromatic heterocycles. The Morgan fingerprint density at radius 1 is 1.22 bits per heavy atom. The SMILES string of the molecule is CCC(OC(=O)c1ccco1)C(=O)Nc1ccccc1C(=O)O. The molecule has 2 aromatic rings. The van der Waals surface area contributed by atoms with Gasteiger partial charge in [0.25, 0.3) is 5.91 Å². The Hall–Kier alpha value is -3.09. The normalized spacial score (nSPS) is 11.5. The first-order chi connectivity index (χ1) is 11.0. The van der Waals surface area contributed by atoms with Crippen LogP contribution in [0.5, 0.6) is 0 Å². The molecule has 1 amide bonds. The lowest BCUT2D eigenvalue weighted by Gasteiger charge is -2.16. The van der Waals surface area contributed by atoms with E-state index < -0.39 is 23.9 Å². The van der Waals surface area contributed by atoms with Crippen LogP contribution in [0.25, 0.3) is 0 Å². The highest BCUT2D eigenvalue weighted by atomic mass is 16.6. The van der Waals surface area contributed by atoms with Crippen LogP contribution in [0.15, 0.2) is 47.1 Å². The van der Waals surface area contributed by atoms with Gasteiger partial charge >= 0.3 is 11.9 Å². The van der Waals surface area contributed by atoms with Crippen molar-refractivity contribution in [3.05, 3.63) is 54.0 Å². The zero-order chi connectivity index (χ0) is 16.8. The number of ether oxygens (including phenoxy) is 1. The topological polar surface area (TPSA) is 106 Å². The number of nitrogens with one attached hydrogen (secondary N) is 1. The summed E-state index contributed by atoms with van der Waals surface area (Å²) in [6.45, 7) is 1.67. The van der Waals surface area contributed by atoms with E-state index >= 15 is 0 Å². The van der Waals surface area contributed by atoms with Crippen molar-refractivity contribution in [2.45, 2.75) is 19.4 Å². The summed E-state index contributed by atoms with van der Waals surface area (Å²) >= 11 is 0. The number of carboxylic acids is 1. The minimum atomic E-state index is -1.17. The van der Waals surface area contributed by atoms with E-state index in [2.05, 4.69) is 5.32 Å². The van der Waals surface area contributed by atoms with Crippen LogP contribution in [0.1, 0.15) is 34.3 Å². The Labute approximate surface area is 131 Å². The average molecular weight is 317 g/mol. The fourth-order valence-electron chi connectivity index (χ4n) is 1.90. The van der Waals surface area contributed by atoms with Crippen molar-refractivity contribution in [3.8, 4) is 0 Å². The van der Waals surface area contributed by atoms with Gasteiger partial charge in [0.1, 0.15) is 0 Å². The third-order valence-corrected chi connectivity index (χ3v) is 3.05. The molecular formula is C16H15NO6. The van der Waals surface area contributed by atoms with E-state index in [1.54, 1.807) is 19.1 Å². The number of carboxylic acid groups (broad SMARTS) is 1. The van der Waals surface area contributed by atoms with Crippen LogP contribution in [0, 0.1) is 0 Å². The number of furan rings is 1. The lowest BCUT2D eigenvalue weighted by atomic mass is 10.1. The first-order valence-electron chi connectivity index (χ1n) is 6.90. The van der Waals surface area contributed by atoms with Gasteiger partial charge < -0.3 is 19.6 Å². The summed E-state index contributed by atoms with van der Waals surface area (Å²) in [4.78, 5) is 35.2. The molecule has 120 valence electrons. The lowest BCUT2D eigenvalue weighted by molar-refractivity contribution is -0.124. The summed E-state index contributed by atoms with van der Waals surface area (Å²) in [6, 6.07) is 8.93. The molecular weight excluding hydrogens is 302 g/mol. The molecule has 0 saturated carbocycles. The van der Waals surface area contributed by atoms with Gasteiger partial charge in [-0.25, -0.2) is 9.59 Å². The van der Waals surface area contributed by atoms with E-state index in [1.165, 1.54) is 30.5 Å². The Bertz CT molecular complexity index is 707. The molecule has 7 heteroatoms. The number of rotatable bonds is 6. The number of benzene rings is 1. The maximum absolute atomic E-state index is 12.2. The lowest BCUT2D eigenvalue weighted by Crippen LogP contribution is -2.32. The van der Waals surface area contributed by atoms with Crippen molar-refractivity contribution < 1.29 is 28.6 Å². The molecule has 1 unspecified atom stereocenters. The number of carbonyl (C=O) groups is 3. The second-order valence-corrected chi connectivity index (χ2v) is 4.62. The molecule has 2 N–H and O–H groups in total. The number of hydrogen-bond donors (Lipinski definition) is 2. The molecule has 0 saturated heterocycles. The Morgan fingerprint density at radius 3 is 2.57 bits per heavy atom. The zero-order valence-electron chi connectivity index (χ0n) is 12.3. The monoisotopic (exact) mass is 317 g/mol. The number of carbonyl (C=O) groups excluding carboxylic acids is 2. The predicted octanol–water partition coefficient (Wildman–Crippen LogP) is 2.55. The summed E-state index contributed by atoms with van der Waals surface area (Å²) < 4.78 is 9.99. The molecule has 0 spiro atoms. The molecule has 0 aliphatic rings. The van der Waals surface area contributed by atoms with Gasteiger partial charge in [-0.1, -0.05) is 19.1 Å². The highest BCUT2D eigenvalue weighted by molar-refractivity contribution is 6.02. The fourth-order valence-corrected chi connectivity index (χ4v) is 1.90. The number of hydrogen-bond acceptors (Lipinski definition) is 5. The van der Waals surface area contributed by atoms with Crippen molar-refractivity contribution >= 4 is 23.5 Å². The van der Waals surface area contributed by atoms with Gasteiger partial charge in [-0.3, -0.25) is 4.79 Å². The molecule has 0 radical (unpaired) electrons. The van der Waals surface area contributed by atoms with E-state index in [0.29, 0.717) is 0 Å². The minimum absolute atomic E-state index is 0.0119. The summed E-state index contributed by atoms with van der Waals surface area (Å²) in [5.41, 5.74) is 0.0885. The second-order valence-electron chi connectivity index (χ2n) is 4.62. The summed E-state index contributed by atoms with van der Waals surface area (Å²) in [5.74, 6) is -2.55. The minimum Gasteiger partial charge on any atom is -0.478 e. The van der Waals surface area contributed by atoms with E-state index in [9.17, 15) is 14.4 Å². The van der Waals surface area contributed by atoms with Crippen LogP contribution in [-0.4, -0.2) is 29.1 Å². The quantitative estimate of drug-likeness (QED) is 0.793. The van der Waals surface area contributed by atoms with Crippen LogP contribution in [0.4, 0.5) is 5.69 Å². The van der Waals surface area contributed by atoms with E-state index in [0.717, 1.165) is 0 Å². The van der Waals surface area contributed by atoms with E-state index in [4.69, 9.17) is 14.3 Å². The molecule has 0 bridgehead atoms. The molecule has 23 heavy (non-hydrogen) atoms. The van der Waals surface area contributed by atoms with Gasteiger partial charge in [0.2, 0.25) is 5.76 Å². The average Bonchev–Trinajstić information content (AvgIpc) is 3.07. The summed E-state index contributed by atoms with van der Waals surface area (Å²) in [7, 11) is 0. The third kappa shape index (κ3) is 3.97. The van der Waals surface area contributed by atoms with Crippen molar-refractivity contribution in [1.29, 1.82) is 0 Å². The van der Waals surface area contributed by atoms with Crippen molar-refractivity contribution in [2.24, 2.45) is 0 Å². The molecule has 1 aromatic carbocycles. The van der Waals surface area contributed by atoms with Gasteiger partial charge in [-0.2, -0.15) is 0 Å². The molecule has 2 rings (SSSR count). The largest absolute Gasteiger partial charge is 0.478 e. The van der Waals surface area contributed by atoms with Crippen LogP contribution >= 0.6 is 0 Å². The van der Waals surface area contributed by atoms with Crippen LogP contribution < -0.4 is 5.32 Å². The van der Waals surface area contributed by atoms with Gasteiger partial charge in [0, 0.05) is 0 Å². The standard InChI is InChI=1S/C16H15NO6/c1-2-12(23-16(21)13-8-5-9-22-13)14(18)17-11-7-4-3-6-10(11)15(19)20/h3-9,12H,2H2,1H3,(H,17,18)(H,19,20). The van der Waals surface area contributed by atoms with E-state index in [1.807, 2.05) is 0 Å². The first kappa shape index (κ1) is 16.3. The Kier molecular flexibility index (Phi) is 5.14. The van der Waals surface area contributed by atoms with Gasteiger partial charge in [-0.15, -0.1) is 0 Å². The third-order valence-electron chi connectivity index (χ3n) is 3.05. The second kappa shape index (κ2) is 7.26. The fraction of sp³-hybridized carbons (Fsp3) is 0.188. The van der Waals surface area contributed by atoms with Crippen molar-refractivity contribution in [3.63, 3.8) is 0 Å². The molecule has 0 aliphatic carbocycles. The Morgan fingerprint density at radius 2 is 1.96 bits per heavy atom. The first-order valence-corrected chi connectivity index (χ1v) is 6.90. The van der Waals surface area contributed by atoms with E-state index in [-0.39, 0.29) is 23.4 Å². The highest BCUT2D eigenvalue weighted by Crippen LogP contribution is 2.16. The predicted molar refractivity (Wildman–Crippen MR) is 80.2 cm³/mol. The molecule has 1 atom stereocenters. The number of esters is 1. The zero-order valence-corrected chi connectivity index (χ0v) is 12.3. The van der Waals surface area contributed by atoms with Crippen LogP contribution in [0.3, 0.4) is 0 Å². The molecule has 1 heterocycles. The molecule has 0 fully saturated rings. The number of amides is 1. The maximum atomic E-state index is 12.2. The van der Waals surface area contributed by atoms with Gasteiger partial charge in [0.05, 0.1) is 17.5 Å². The van der Waals surface area contributed by atoms with Crippen molar-refractivity contribution in [2.75, 3.05) is 5.32 Å². The Balaban J connectivity index is 2.09. The number of para-hydroxylation sites is 1. The molecule has 7 nitrogen and oxygen atoms in total. The maximum Gasteiger partial charge on any atom is 0.374 e. The van der Waals surface area contributed by atoms with Crippen LogP contribution in [0.2, 0.25) is 0 Å². The number of aromatic carboxylic acids is 1.